The van der Waals surface area contributed by atoms with E-state index in [2.05, 4.69) is 13.2 Å². The van der Waals surface area contributed by atoms with Crippen molar-refractivity contribution >= 4 is 12.0 Å². The molecule has 1 aliphatic rings. The molecule has 1 heterocycles. The molecule has 0 fully saturated rings. The fraction of sp³-hybridized carbons (Fsp3) is 0.211. The minimum Gasteiger partial charge on any atom is -0.454 e. The second-order valence-corrected chi connectivity index (χ2v) is 4.96. The highest BCUT2D eigenvalue weighted by Gasteiger charge is 2.14. The van der Waals surface area contributed by atoms with Gasteiger partial charge < -0.3 is 19.1 Å². The summed E-state index contributed by atoms with van der Waals surface area (Å²) in [5.74, 6) is 1.22. The molecule has 0 bridgehead atoms. The number of nitrogens with zero attached hydrogens (tertiary/aromatic N) is 1. The van der Waals surface area contributed by atoms with Crippen LogP contribution < -0.4 is 9.47 Å². The summed E-state index contributed by atoms with van der Waals surface area (Å²) in [7, 11) is 1.59. The van der Waals surface area contributed by atoms with Crippen LogP contribution in [0.25, 0.3) is 6.08 Å². The molecule has 0 N–H and O–H groups in total. The topological polar surface area (TPSA) is 48.0 Å². The average molecular weight is 327 g/mol. The van der Waals surface area contributed by atoms with Crippen molar-refractivity contribution in [2.24, 2.45) is 0 Å². The van der Waals surface area contributed by atoms with E-state index in [0.29, 0.717) is 30.3 Å². The lowest BCUT2D eigenvalue weighted by molar-refractivity contribution is -0.124. The van der Waals surface area contributed by atoms with Gasteiger partial charge in [-0.15, -0.1) is 0 Å². The number of hydrogen-bond acceptors (Lipinski definition) is 4. The summed E-state index contributed by atoms with van der Waals surface area (Å²) in [6.07, 6.45) is 8.20. The molecule has 0 atom stereocenters. The summed E-state index contributed by atoms with van der Waals surface area (Å²) >= 11 is 0. The highest BCUT2D eigenvalue weighted by Crippen LogP contribution is 2.32. The molecule has 0 saturated heterocycles. The normalized spacial score (nSPS) is 13.1. The number of fused-ring (bicyclic) bond motifs is 1. The standard InChI is InChI=1S/C19H21NO4/c1-4-6-16(5-2)20(11-12-22-3)19(21)10-8-15-7-9-17-18(13-15)24-14-23-17/h4-10,13H,1-2,11-12,14H2,3H3/b10-8+,16-6+. The third kappa shape index (κ3) is 4.36. The molecule has 0 aromatic heterocycles. The van der Waals surface area contributed by atoms with Gasteiger partial charge in [-0.05, 0) is 35.9 Å². The molecular weight excluding hydrogens is 306 g/mol. The first-order valence-electron chi connectivity index (χ1n) is 7.53. The Morgan fingerprint density at radius 3 is 2.83 bits per heavy atom. The van der Waals surface area contributed by atoms with E-state index in [4.69, 9.17) is 14.2 Å². The van der Waals surface area contributed by atoms with Crippen LogP contribution in [0.3, 0.4) is 0 Å². The molecule has 0 radical (unpaired) electrons. The third-order valence-electron chi connectivity index (χ3n) is 3.41. The van der Waals surface area contributed by atoms with Gasteiger partial charge in [0.15, 0.2) is 11.5 Å². The molecule has 1 aromatic rings. The zero-order valence-corrected chi connectivity index (χ0v) is 13.7. The van der Waals surface area contributed by atoms with Gasteiger partial charge in [-0.2, -0.15) is 0 Å². The smallest absolute Gasteiger partial charge is 0.251 e. The first kappa shape index (κ1) is 17.6. The Labute approximate surface area is 142 Å². The zero-order valence-electron chi connectivity index (χ0n) is 13.7. The molecule has 1 amide bonds. The number of ether oxygens (including phenoxy) is 3. The van der Waals surface area contributed by atoms with Crippen LogP contribution in [-0.2, 0) is 9.53 Å². The number of hydrogen-bond donors (Lipinski definition) is 0. The van der Waals surface area contributed by atoms with Crippen molar-refractivity contribution in [3.63, 3.8) is 0 Å². The predicted octanol–water partition coefficient (Wildman–Crippen LogP) is 3.16. The number of benzene rings is 1. The van der Waals surface area contributed by atoms with Crippen molar-refractivity contribution in [3.8, 4) is 11.5 Å². The second kappa shape index (κ2) is 8.74. The molecule has 1 aliphatic heterocycles. The van der Waals surface area contributed by atoms with Crippen LogP contribution in [0.4, 0.5) is 0 Å². The van der Waals surface area contributed by atoms with Gasteiger partial charge in [-0.25, -0.2) is 0 Å². The van der Waals surface area contributed by atoms with Crippen molar-refractivity contribution in [1.82, 2.24) is 4.90 Å². The number of rotatable bonds is 8. The highest BCUT2D eigenvalue weighted by atomic mass is 16.7. The van der Waals surface area contributed by atoms with Gasteiger partial charge in [0, 0.05) is 25.4 Å². The monoisotopic (exact) mass is 327 g/mol. The summed E-state index contributed by atoms with van der Waals surface area (Å²) in [6, 6.07) is 5.52. The fourth-order valence-electron chi connectivity index (χ4n) is 2.21. The lowest BCUT2D eigenvalue weighted by Gasteiger charge is -2.21. The van der Waals surface area contributed by atoms with Gasteiger partial charge in [-0.1, -0.05) is 25.3 Å². The van der Waals surface area contributed by atoms with Gasteiger partial charge in [0.25, 0.3) is 5.91 Å². The van der Waals surface area contributed by atoms with Crippen molar-refractivity contribution in [2.75, 3.05) is 27.1 Å². The molecule has 24 heavy (non-hydrogen) atoms. The number of methoxy groups -OCH3 is 1. The Bertz CT molecular complexity index is 676. The van der Waals surface area contributed by atoms with Crippen LogP contribution in [0.1, 0.15) is 5.56 Å². The summed E-state index contributed by atoms with van der Waals surface area (Å²) in [5.41, 5.74) is 1.52. The maximum absolute atomic E-state index is 12.5. The molecule has 5 heteroatoms. The van der Waals surface area contributed by atoms with Gasteiger partial charge in [0.05, 0.1) is 6.61 Å². The number of carbonyl (C=O) groups excluding carboxylic acids is 1. The van der Waals surface area contributed by atoms with Crippen LogP contribution in [0.5, 0.6) is 11.5 Å². The summed E-state index contributed by atoms with van der Waals surface area (Å²) in [6.45, 7) is 8.47. The molecule has 2 rings (SSSR count). The van der Waals surface area contributed by atoms with Crippen LogP contribution in [-0.4, -0.2) is 37.9 Å². The van der Waals surface area contributed by atoms with Gasteiger partial charge in [0.1, 0.15) is 0 Å². The Hall–Kier alpha value is -2.79. The first-order valence-corrected chi connectivity index (χ1v) is 7.53. The van der Waals surface area contributed by atoms with E-state index in [1.807, 2.05) is 18.2 Å². The van der Waals surface area contributed by atoms with Crippen LogP contribution in [0.15, 0.2) is 61.4 Å². The molecule has 0 spiro atoms. The van der Waals surface area contributed by atoms with E-state index in [1.54, 1.807) is 36.3 Å². The lowest BCUT2D eigenvalue weighted by atomic mass is 10.2. The van der Waals surface area contributed by atoms with Gasteiger partial charge in [0.2, 0.25) is 6.79 Å². The van der Waals surface area contributed by atoms with Crippen molar-refractivity contribution in [3.05, 3.63) is 66.9 Å². The van der Waals surface area contributed by atoms with E-state index >= 15 is 0 Å². The number of amides is 1. The third-order valence-corrected chi connectivity index (χ3v) is 3.41. The SMILES string of the molecule is C=C/C=C(\C=C)N(CCOC)C(=O)/C=C/c1ccc2c(c1)OCO2. The van der Waals surface area contributed by atoms with E-state index in [-0.39, 0.29) is 12.7 Å². The van der Waals surface area contributed by atoms with Crippen LogP contribution in [0, 0.1) is 0 Å². The second-order valence-electron chi connectivity index (χ2n) is 4.96. The van der Waals surface area contributed by atoms with Crippen LogP contribution in [0.2, 0.25) is 0 Å². The Morgan fingerprint density at radius 1 is 1.33 bits per heavy atom. The zero-order chi connectivity index (χ0) is 17.4. The first-order chi connectivity index (χ1) is 11.7. The predicted molar refractivity (Wildman–Crippen MR) is 93.7 cm³/mol. The van der Waals surface area contributed by atoms with E-state index in [1.165, 1.54) is 6.08 Å². The largest absolute Gasteiger partial charge is 0.454 e. The molecule has 0 saturated carbocycles. The Morgan fingerprint density at radius 2 is 2.12 bits per heavy atom. The lowest BCUT2D eigenvalue weighted by Crippen LogP contribution is -2.31. The minimum absolute atomic E-state index is 0.169. The maximum Gasteiger partial charge on any atom is 0.251 e. The van der Waals surface area contributed by atoms with Gasteiger partial charge >= 0.3 is 0 Å². The van der Waals surface area contributed by atoms with E-state index < -0.39 is 0 Å². The van der Waals surface area contributed by atoms with Crippen LogP contribution >= 0.6 is 0 Å². The average Bonchev–Trinajstić information content (AvgIpc) is 3.06. The number of carbonyl (C=O) groups is 1. The van der Waals surface area contributed by atoms with Crippen molar-refractivity contribution in [1.29, 1.82) is 0 Å². The molecular formula is C19H21NO4. The van der Waals surface area contributed by atoms with Crippen molar-refractivity contribution in [2.45, 2.75) is 0 Å². The molecule has 5 nitrogen and oxygen atoms in total. The molecule has 0 unspecified atom stereocenters. The molecule has 0 aliphatic carbocycles. The fourth-order valence-corrected chi connectivity index (χ4v) is 2.21. The van der Waals surface area contributed by atoms with Gasteiger partial charge in [-0.3, -0.25) is 4.79 Å². The quantitative estimate of drug-likeness (QED) is 0.543. The molecule has 126 valence electrons. The Kier molecular flexibility index (Phi) is 6.40. The maximum atomic E-state index is 12.5. The highest BCUT2D eigenvalue weighted by molar-refractivity contribution is 5.93. The summed E-state index contributed by atoms with van der Waals surface area (Å²) in [4.78, 5) is 14.1. The molecule has 1 aromatic carbocycles. The summed E-state index contributed by atoms with van der Waals surface area (Å²) in [5, 5.41) is 0. The van der Waals surface area contributed by atoms with Crippen molar-refractivity contribution < 1.29 is 19.0 Å². The Balaban J connectivity index is 2.15. The minimum atomic E-state index is -0.169. The summed E-state index contributed by atoms with van der Waals surface area (Å²) < 4.78 is 15.7. The van der Waals surface area contributed by atoms with E-state index in [9.17, 15) is 4.79 Å². The van der Waals surface area contributed by atoms with E-state index in [0.717, 1.165) is 5.56 Å². The number of allylic oxidation sites excluding steroid dienone is 3.